The summed E-state index contributed by atoms with van der Waals surface area (Å²) in [5.41, 5.74) is 3.26. The molecule has 26 heavy (non-hydrogen) atoms. The van der Waals surface area contributed by atoms with Crippen LogP contribution in [0, 0.1) is 19.8 Å². The minimum Gasteiger partial charge on any atom is -0.464 e. The number of likely N-dealkylation sites (N-methyl/N-ethyl adjacent to an activating group) is 1. The smallest absolute Gasteiger partial charge is 0.224 e. The summed E-state index contributed by atoms with van der Waals surface area (Å²) in [6.45, 7) is 6.99. The molecular formula is C20H28N4O2. The van der Waals surface area contributed by atoms with Crippen LogP contribution in [0.5, 0.6) is 0 Å². The highest BCUT2D eigenvalue weighted by Gasteiger charge is 2.41. The first-order chi connectivity index (χ1) is 12.4. The van der Waals surface area contributed by atoms with Gasteiger partial charge >= 0.3 is 0 Å². The first-order valence-corrected chi connectivity index (χ1v) is 9.44. The van der Waals surface area contributed by atoms with Crippen molar-refractivity contribution in [3.63, 3.8) is 0 Å². The molecule has 6 nitrogen and oxygen atoms in total. The predicted molar refractivity (Wildman–Crippen MR) is 98.7 cm³/mol. The molecule has 3 heterocycles. The van der Waals surface area contributed by atoms with Crippen molar-refractivity contribution >= 4 is 5.91 Å². The number of carbonyl (C=O) groups is 1. The molecule has 2 aromatic heterocycles. The van der Waals surface area contributed by atoms with E-state index < -0.39 is 0 Å². The molecular weight excluding hydrogens is 328 g/mol. The summed E-state index contributed by atoms with van der Waals surface area (Å²) in [4.78, 5) is 14.2. The molecule has 1 aliphatic carbocycles. The molecule has 4 rings (SSSR count). The van der Waals surface area contributed by atoms with Gasteiger partial charge in [-0.25, -0.2) is 0 Å². The van der Waals surface area contributed by atoms with E-state index in [4.69, 9.17) is 4.42 Å². The average Bonchev–Trinajstić information content (AvgIpc) is 2.92. The third kappa shape index (κ3) is 2.86. The summed E-state index contributed by atoms with van der Waals surface area (Å²) in [6, 6.07) is 4.23. The first kappa shape index (κ1) is 17.3. The van der Waals surface area contributed by atoms with Crippen molar-refractivity contribution < 1.29 is 9.21 Å². The zero-order valence-corrected chi connectivity index (χ0v) is 16.2. The van der Waals surface area contributed by atoms with Crippen LogP contribution in [0.15, 0.2) is 16.5 Å². The van der Waals surface area contributed by atoms with E-state index in [-0.39, 0.29) is 18.0 Å². The van der Waals surface area contributed by atoms with Crippen LogP contribution in [-0.2, 0) is 18.4 Å². The predicted octanol–water partition coefficient (Wildman–Crippen LogP) is 2.81. The standard InChI is InChI=1S/C20H28N4O2/c1-11-8-15(11)17-7-6-14(26-17)10-21-16-9-18(25)23(4)20(16)19-12(2)22-24(5)13(19)3/h6-7,11,15-16,20-21H,8-10H2,1-5H3/t11-,15-,16+,20+/m0/s1. The Hall–Kier alpha value is -2.08. The SMILES string of the molecule is Cc1nn(C)c(C)c1[C@H]1[C@H](NCc2ccc([C@H]3C[C@@H]3C)o2)CC(=O)N1C. The van der Waals surface area contributed by atoms with Crippen molar-refractivity contribution in [3.05, 3.63) is 40.6 Å². The van der Waals surface area contributed by atoms with E-state index in [2.05, 4.69) is 36.4 Å². The van der Waals surface area contributed by atoms with Gasteiger partial charge in [-0.05, 0) is 38.3 Å². The molecule has 1 amide bonds. The molecule has 4 atom stereocenters. The van der Waals surface area contributed by atoms with Gasteiger partial charge in [0, 0.05) is 43.7 Å². The van der Waals surface area contributed by atoms with Gasteiger partial charge in [-0.2, -0.15) is 5.10 Å². The molecule has 1 saturated heterocycles. The number of carbonyl (C=O) groups excluding carboxylic acids is 1. The Labute approximate surface area is 154 Å². The van der Waals surface area contributed by atoms with E-state index >= 15 is 0 Å². The maximum atomic E-state index is 12.4. The molecule has 0 spiro atoms. The Kier molecular flexibility index (Phi) is 4.18. The monoisotopic (exact) mass is 356 g/mol. The lowest BCUT2D eigenvalue weighted by atomic mass is 9.98. The van der Waals surface area contributed by atoms with Crippen LogP contribution in [0.2, 0.25) is 0 Å². The van der Waals surface area contributed by atoms with Crippen LogP contribution in [0.25, 0.3) is 0 Å². The van der Waals surface area contributed by atoms with Crippen LogP contribution < -0.4 is 5.32 Å². The van der Waals surface area contributed by atoms with E-state index in [0.29, 0.717) is 18.9 Å². The lowest BCUT2D eigenvalue weighted by Crippen LogP contribution is -2.35. The number of hydrogen-bond acceptors (Lipinski definition) is 4. The number of rotatable bonds is 5. The number of nitrogens with one attached hydrogen (secondary N) is 1. The highest BCUT2D eigenvalue weighted by Crippen LogP contribution is 2.47. The number of likely N-dealkylation sites (tertiary alicyclic amines) is 1. The third-order valence-corrected chi connectivity index (χ3v) is 6.14. The molecule has 1 N–H and O–H groups in total. The summed E-state index contributed by atoms with van der Waals surface area (Å²) < 4.78 is 7.90. The second-order valence-electron chi connectivity index (χ2n) is 7.97. The summed E-state index contributed by atoms with van der Waals surface area (Å²) >= 11 is 0. The fraction of sp³-hybridized carbons (Fsp3) is 0.600. The second kappa shape index (κ2) is 6.27. The zero-order valence-electron chi connectivity index (χ0n) is 16.2. The molecule has 2 aromatic rings. The molecule has 140 valence electrons. The van der Waals surface area contributed by atoms with Crippen molar-refractivity contribution in [1.82, 2.24) is 20.0 Å². The zero-order chi connectivity index (χ0) is 18.6. The molecule has 0 bridgehead atoms. The number of furan rings is 1. The largest absolute Gasteiger partial charge is 0.464 e. The van der Waals surface area contributed by atoms with Gasteiger partial charge in [0.1, 0.15) is 11.5 Å². The lowest BCUT2D eigenvalue weighted by Gasteiger charge is -2.26. The van der Waals surface area contributed by atoms with Gasteiger partial charge in [-0.3, -0.25) is 9.48 Å². The Balaban J connectivity index is 1.51. The van der Waals surface area contributed by atoms with Crippen molar-refractivity contribution in [2.24, 2.45) is 13.0 Å². The maximum absolute atomic E-state index is 12.4. The van der Waals surface area contributed by atoms with Gasteiger partial charge in [0.25, 0.3) is 0 Å². The van der Waals surface area contributed by atoms with E-state index in [9.17, 15) is 4.79 Å². The topological polar surface area (TPSA) is 63.3 Å². The van der Waals surface area contributed by atoms with Crippen molar-refractivity contribution in [3.8, 4) is 0 Å². The molecule has 2 fully saturated rings. The highest BCUT2D eigenvalue weighted by molar-refractivity contribution is 5.80. The molecule has 1 aliphatic heterocycles. The quantitative estimate of drug-likeness (QED) is 0.895. The Bertz CT molecular complexity index is 837. The minimum atomic E-state index is 0.00841. The molecule has 0 radical (unpaired) electrons. The summed E-state index contributed by atoms with van der Waals surface area (Å²) in [6.07, 6.45) is 1.73. The van der Waals surface area contributed by atoms with Crippen LogP contribution in [0.4, 0.5) is 0 Å². The van der Waals surface area contributed by atoms with Gasteiger partial charge in [-0.15, -0.1) is 0 Å². The fourth-order valence-corrected chi connectivity index (χ4v) is 4.30. The van der Waals surface area contributed by atoms with Crippen LogP contribution >= 0.6 is 0 Å². The first-order valence-electron chi connectivity index (χ1n) is 9.44. The Morgan fingerprint density at radius 2 is 2.04 bits per heavy atom. The average molecular weight is 356 g/mol. The minimum absolute atomic E-state index is 0.00841. The van der Waals surface area contributed by atoms with E-state index in [0.717, 1.165) is 34.4 Å². The maximum Gasteiger partial charge on any atom is 0.224 e. The number of aryl methyl sites for hydroxylation is 2. The summed E-state index contributed by atoms with van der Waals surface area (Å²) in [5, 5.41) is 8.10. The Morgan fingerprint density at radius 1 is 1.31 bits per heavy atom. The Morgan fingerprint density at radius 3 is 2.65 bits per heavy atom. The van der Waals surface area contributed by atoms with E-state index in [1.807, 2.05) is 30.6 Å². The molecule has 0 aromatic carbocycles. The van der Waals surface area contributed by atoms with E-state index in [1.54, 1.807) is 0 Å². The summed E-state index contributed by atoms with van der Waals surface area (Å²) in [7, 11) is 3.84. The number of aromatic nitrogens is 2. The van der Waals surface area contributed by atoms with Crippen molar-refractivity contribution in [2.75, 3.05) is 7.05 Å². The summed E-state index contributed by atoms with van der Waals surface area (Å²) in [5.74, 6) is 3.55. The normalized spacial score (nSPS) is 28.2. The van der Waals surface area contributed by atoms with Crippen LogP contribution in [0.1, 0.15) is 60.2 Å². The van der Waals surface area contributed by atoms with Crippen LogP contribution in [0.3, 0.4) is 0 Å². The highest BCUT2D eigenvalue weighted by atomic mass is 16.3. The third-order valence-electron chi connectivity index (χ3n) is 6.14. The van der Waals surface area contributed by atoms with Gasteiger partial charge in [0.05, 0.1) is 18.3 Å². The number of hydrogen-bond donors (Lipinski definition) is 1. The fourth-order valence-electron chi connectivity index (χ4n) is 4.30. The van der Waals surface area contributed by atoms with Gasteiger partial charge in [0.2, 0.25) is 5.91 Å². The van der Waals surface area contributed by atoms with Crippen LogP contribution in [-0.4, -0.2) is 33.7 Å². The molecule has 1 saturated carbocycles. The van der Waals surface area contributed by atoms with Gasteiger partial charge in [0.15, 0.2) is 0 Å². The number of nitrogens with zero attached hydrogens (tertiary/aromatic N) is 3. The van der Waals surface area contributed by atoms with Crippen molar-refractivity contribution in [2.45, 2.75) is 58.2 Å². The number of amides is 1. The van der Waals surface area contributed by atoms with Crippen molar-refractivity contribution in [1.29, 1.82) is 0 Å². The van der Waals surface area contributed by atoms with Gasteiger partial charge in [-0.1, -0.05) is 6.92 Å². The van der Waals surface area contributed by atoms with Gasteiger partial charge < -0.3 is 14.6 Å². The molecule has 0 unspecified atom stereocenters. The molecule has 6 heteroatoms. The second-order valence-corrected chi connectivity index (χ2v) is 7.97. The molecule has 2 aliphatic rings. The van der Waals surface area contributed by atoms with E-state index in [1.165, 1.54) is 6.42 Å². The lowest BCUT2D eigenvalue weighted by molar-refractivity contribution is -0.127.